The molecule has 0 radical (unpaired) electrons. The minimum Gasteiger partial charge on any atom is -0.391 e. The summed E-state index contributed by atoms with van der Waals surface area (Å²) in [4.78, 5) is 6.60. The summed E-state index contributed by atoms with van der Waals surface area (Å²) >= 11 is 9.53. The first-order valence-corrected chi connectivity index (χ1v) is 10.1. The predicted molar refractivity (Wildman–Crippen MR) is 103 cm³/mol. The summed E-state index contributed by atoms with van der Waals surface area (Å²) in [6.45, 7) is 0.599. The van der Waals surface area contributed by atoms with Crippen LogP contribution in [0.1, 0.15) is 22.0 Å². The van der Waals surface area contributed by atoms with Crippen molar-refractivity contribution in [1.29, 1.82) is 0 Å². The lowest BCUT2D eigenvalue weighted by Gasteiger charge is -2.17. The van der Waals surface area contributed by atoms with Crippen LogP contribution >= 0.6 is 34.7 Å². The summed E-state index contributed by atoms with van der Waals surface area (Å²) in [6.07, 6.45) is 0.293. The molecule has 0 fully saturated rings. The number of aromatic nitrogens is 1. The summed E-state index contributed by atoms with van der Waals surface area (Å²) in [7, 11) is 0. The van der Waals surface area contributed by atoms with Gasteiger partial charge < -0.3 is 10.4 Å². The van der Waals surface area contributed by atoms with Gasteiger partial charge in [0.05, 0.1) is 17.0 Å². The van der Waals surface area contributed by atoms with Gasteiger partial charge >= 0.3 is 0 Å². The van der Waals surface area contributed by atoms with Crippen molar-refractivity contribution >= 4 is 34.7 Å². The highest BCUT2D eigenvalue weighted by Crippen LogP contribution is 2.36. The second-order valence-corrected chi connectivity index (χ2v) is 8.70. The fourth-order valence-corrected chi connectivity index (χ4v) is 5.47. The molecule has 2 aromatic carbocycles. The van der Waals surface area contributed by atoms with Crippen LogP contribution in [-0.2, 0) is 13.0 Å². The van der Waals surface area contributed by atoms with Gasteiger partial charge in [0.1, 0.15) is 5.15 Å². The van der Waals surface area contributed by atoms with Crippen LogP contribution in [0.4, 0.5) is 0 Å². The maximum absolute atomic E-state index is 10.3. The Bertz CT molecular complexity index is 869. The summed E-state index contributed by atoms with van der Waals surface area (Å²) in [5, 5.41) is 14.3. The van der Waals surface area contributed by atoms with Gasteiger partial charge in [0.2, 0.25) is 0 Å². The van der Waals surface area contributed by atoms with Crippen molar-refractivity contribution in [3.63, 3.8) is 0 Å². The lowest BCUT2D eigenvalue weighted by atomic mass is 10.1. The van der Waals surface area contributed by atoms with Crippen LogP contribution in [0.2, 0.25) is 5.15 Å². The number of fused-ring (bicyclic) bond motifs is 1. The van der Waals surface area contributed by atoms with Crippen molar-refractivity contribution in [2.75, 3.05) is 0 Å². The summed E-state index contributed by atoms with van der Waals surface area (Å²) in [6, 6.07) is 18.3. The molecule has 0 saturated heterocycles. The lowest BCUT2D eigenvalue weighted by molar-refractivity contribution is 0.141. The molecule has 3 aromatic rings. The van der Waals surface area contributed by atoms with Crippen LogP contribution in [0.3, 0.4) is 0 Å². The minimum absolute atomic E-state index is 0.0559. The van der Waals surface area contributed by atoms with Crippen LogP contribution in [0.15, 0.2) is 63.8 Å². The molecule has 1 aliphatic rings. The zero-order valence-corrected chi connectivity index (χ0v) is 15.7. The van der Waals surface area contributed by atoms with Gasteiger partial charge in [-0.1, -0.05) is 65.8 Å². The van der Waals surface area contributed by atoms with E-state index in [1.807, 2.05) is 30.3 Å². The van der Waals surface area contributed by atoms with Crippen molar-refractivity contribution in [3.05, 3.63) is 75.8 Å². The van der Waals surface area contributed by atoms with Gasteiger partial charge in [0.15, 0.2) is 4.34 Å². The number of benzene rings is 2. The molecule has 25 heavy (non-hydrogen) atoms. The maximum atomic E-state index is 10.3. The lowest BCUT2D eigenvalue weighted by Crippen LogP contribution is -2.28. The third kappa shape index (κ3) is 3.76. The quantitative estimate of drug-likeness (QED) is 0.665. The van der Waals surface area contributed by atoms with Crippen molar-refractivity contribution in [2.24, 2.45) is 0 Å². The van der Waals surface area contributed by atoms with E-state index in [1.165, 1.54) is 11.1 Å². The molecule has 0 bridgehead atoms. The summed E-state index contributed by atoms with van der Waals surface area (Å²) in [5.41, 5.74) is 2.39. The number of nitrogens with one attached hydrogen (secondary N) is 1. The van der Waals surface area contributed by atoms with Crippen LogP contribution in [0.25, 0.3) is 0 Å². The number of aliphatic hydroxyl groups excluding tert-OH is 1. The summed E-state index contributed by atoms with van der Waals surface area (Å²) < 4.78 is 0.931. The van der Waals surface area contributed by atoms with Crippen LogP contribution < -0.4 is 5.32 Å². The van der Waals surface area contributed by atoms with Crippen molar-refractivity contribution in [3.8, 4) is 0 Å². The van der Waals surface area contributed by atoms with Gasteiger partial charge in [0, 0.05) is 17.9 Å². The zero-order chi connectivity index (χ0) is 17.2. The average molecular weight is 389 g/mol. The van der Waals surface area contributed by atoms with Gasteiger partial charge in [-0.05, 0) is 23.3 Å². The molecule has 1 aromatic heterocycles. The molecular weight excluding hydrogens is 372 g/mol. The zero-order valence-electron chi connectivity index (χ0n) is 13.4. The molecule has 1 heterocycles. The Balaban J connectivity index is 1.45. The van der Waals surface area contributed by atoms with Crippen LogP contribution in [0.5, 0.6) is 0 Å². The molecule has 0 amide bonds. The normalized spacial score (nSPS) is 19.1. The molecule has 0 saturated carbocycles. The Morgan fingerprint density at radius 2 is 1.92 bits per heavy atom. The predicted octanol–water partition coefficient (Wildman–Crippen LogP) is 4.70. The van der Waals surface area contributed by atoms with Gasteiger partial charge in [-0.25, -0.2) is 4.98 Å². The number of aliphatic hydroxyl groups is 1. The second kappa shape index (κ2) is 7.48. The topological polar surface area (TPSA) is 45.1 Å². The Morgan fingerprint density at radius 3 is 2.76 bits per heavy atom. The molecule has 1 aliphatic carbocycles. The number of hydrogen-bond acceptors (Lipinski definition) is 5. The molecular formula is C19H17ClN2OS2. The Labute approximate surface area is 160 Å². The van der Waals surface area contributed by atoms with E-state index in [2.05, 4.69) is 34.6 Å². The van der Waals surface area contributed by atoms with Crippen LogP contribution in [0, 0.1) is 0 Å². The minimum atomic E-state index is -0.401. The molecule has 4 rings (SSSR count). The third-order valence-electron chi connectivity index (χ3n) is 4.26. The molecule has 0 unspecified atom stereocenters. The first kappa shape index (κ1) is 17.1. The Hall–Kier alpha value is -1.37. The van der Waals surface area contributed by atoms with E-state index in [-0.39, 0.29) is 6.04 Å². The fourth-order valence-electron chi connectivity index (χ4n) is 3.08. The molecule has 0 aliphatic heterocycles. The van der Waals surface area contributed by atoms with Gasteiger partial charge in [-0.15, -0.1) is 11.3 Å². The van der Waals surface area contributed by atoms with Crippen molar-refractivity contribution in [2.45, 2.75) is 34.3 Å². The first-order chi connectivity index (χ1) is 12.2. The first-order valence-electron chi connectivity index (χ1n) is 8.08. The fraction of sp³-hybridized carbons (Fsp3) is 0.211. The SMILES string of the molecule is O[C@H]1Cc2ccccc2[C@H]1NCc1sc(Sc2ccccc2)nc1Cl. The number of rotatable bonds is 5. The number of hydrogen-bond donors (Lipinski definition) is 2. The molecule has 6 heteroatoms. The van der Waals surface area contributed by atoms with Gasteiger partial charge in [-0.3, -0.25) is 0 Å². The monoisotopic (exact) mass is 388 g/mol. The molecule has 3 nitrogen and oxygen atoms in total. The summed E-state index contributed by atoms with van der Waals surface area (Å²) in [5.74, 6) is 0. The second-order valence-electron chi connectivity index (χ2n) is 5.94. The van der Waals surface area contributed by atoms with Crippen molar-refractivity contribution < 1.29 is 5.11 Å². The largest absolute Gasteiger partial charge is 0.391 e. The van der Waals surface area contributed by atoms with E-state index < -0.39 is 6.10 Å². The third-order valence-corrected chi connectivity index (χ3v) is 6.81. The maximum Gasteiger partial charge on any atom is 0.156 e. The van der Waals surface area contributed by atoms with E-state index in [1.54, 1.807) is 23.1 Å². The Kier molecular flexibility index (Phi) is 5.10. The highest BCUT2D eigenvalue weighted by atomic mass is 35.5. The van der Waals surface area contributed by atoms with Gasteiger partial charge in [-0.2, -0.15) is 0 Å². The molecule has 2 atom stereocenters. The van der Waals surface area contributed by atoms with E-state index in [9.17, 15) is 5.11 Å². The van der Waals surface area contributed by atoms with Crippen LogP contribution in [-0.4, -0.2) is 16.2 Å². The highest BCUT2D eigenvalue weighted by Gasteiger charge is 2.30. The smallest absolute Gasteiger partial charge is 0.156 e. The standard InChI is InChI=1S/C19H17ClN2OS2/c20-18-16(25-19(22-18)24-13-7-2-1-3-8-13)11-21-17-14-9-5-4-6-12(14)10-15(17)23/h1-9,15,17,21,23H,10-11H2/t15-,17+/m0/s1. The highest BCUT2D eigenvalue weighted by molar-refractivity contribution is 8.01. The number of nitrogens with zero attached hydrogens (tertiary/aromatic N) is 1. The average Bonchev–Trinajstić information content (AvgIpc) is 3.12. The molecule has 128 valence electrons. The van der Waals surface area contributed by atoms with Gasteiger partial charge in [0.25, 0.3) is 0 Å². The van der Waals surface area contributed by atoms with E-state index >= 15 is 0 Å². The molecule has 0 spiro atoms. The number of halogens is 1. The van der Waals surface area contributed by atoms with Crippen molar-refractivity contribution in [1.82, 2.24) is 10.3 Å². The van der Waals surface area contributed by atoms with E-state index in [0.29, 0.717) is 18.1 Å². The van der Waals surface area contributed by atoms with E-state index in [4.69, 9.17) is 11.6 Å². The molecule has 2 N–H and O–H groups in total. The Morgan fingerprint density at radius 1 is 1.16 bits per heavy atom. The van der Waals surface area contributed by atoms with E-state index in [0.717, 1.165) is 14.1 Å². The number of thiazole rings is 1.